The molecular formula is C15H18N2O3. The van der Waals surface area contributed by atoms with E-state index in [1.54, 1.807) is 14.2 Å². The lowest BCUT2D eigenvalue weighted by molar-refractivity contribution is -0.288. The third-order valence-electron chi connectivity index (χ3n) is 6.57. The maximum Gasteiger partial charge on any atom is 0.164 e. The van der Waals surface area contributed by atoms with E-state index < -0.39 is 17.1 Å². The number of methoxy groups -OCH3 is 2. The second-order valence-corrected chi connectivity index (χ2v) is 6.80. The van der Waals surface area contributed by atoms with Crippen LogP contribution in [0.2, 0.25) is 0 Å². The van der Waals surface area contributed by atoms with Crippen molar-refractivity contribution in [3.63, 3.8) is 0 Å². The second kappa shape index (κ2) is 3.54. The van der Waals surface area contributed by atoms with Crippen LogP contribution < -0.4 is 0 Å². The molecule has 2 bridgehead atoms. The van der Waals surface area contributed by atoms with Crippen LogP contribution >= 0.6 is 0 Å². The third kappa shape index (κ3) is 0.978. The molecule has 0 radical (unpaired) electrons. The monoisotopic (exact) mass is 274 g/mol. The Kier molecular flexibility index (Phi) is 2.23. The SMILES string of the molecule is COC(OC)[C@@]1(C)C2C3CC(C4OC34)C2C1(C#N)C#N. The Hall–Kier alpha value is -1.14. The van der Waals surface area contributed by atoms with E-state index in [4.69, 9.17) is 14.2 Å². The van der Waals surface area contributed by atoms with Crippen LogP contribution in [-0.4, -0.2) is 32.7 Å². The van der Waals surface area contributed by atoms with Gasteiger partial charge in [-0.1, -0.05) is 6.92 Å². The van der Waals surface area contributed by atoms with E-state index in [0.29, 0.717) is 30.0 Å². The first kappa shape index (κ1) is 12.6. The number of fused-ring (bicyclic) bond motifs is 8. The van der Waals surface area contributed by atoms with Gasteiger partial charge in [0.05, 0.1) is 29.8 Å². The third-order valence-corrected chi connectivity index (χ3v) is 6.57. The van der Waals surface area contributed by atoms with Crippen LogP contribution in [0.25, 0.3) is 0 Å². The number of nitriles is 2. The van der Waals surface area contributed by atoms with Crippen molar-refractivity contribution in [2.75, 3.05) is 14.2 Å². The number of epoxide rings is 1. The fraction of sp³-hybridized carbons (Fsp3) is 0.867. The Balaban J connectivity index is 1.82. The van der Waals surface area contributed by atoms with E-state index in [0.717, 1.165) is 6.42 Å². The van der Waals surface area contributed by atoms with E-state index in [9.17, 15) is 10.5 Å². The molecule has 5 heteroatoms. The number of hydrogen-bond donors (Lipinski definition) is 0. The van der Waals surface area contributed by atoms with Crippen molar-refractivity contribution >= 4 is 0 Å². The van der Waals surface area contributed by atoms with Gasteiger partial charge in [-0.05, 0) is 24.2 Å². The molecular weight excluding hydrogens is 256 g/mol. The van der Waals surface area contributed by atoms with Gasteiger partial charge >= 0.3 is 0 Å². The number of nitrogens with zero attached hydrogens (tertiary/aromatic N) is 2. The van der Waals surface area contributed by atoms with Gasteiger partial charge in [-0.2, -0.15) is 10.5 Å². The zero-order chi connectivity index (χ0) is 14.3. The molecule has 20 heavy (non-hydrogen) atoms. The average molecular weight is 274 g/mol. The minimum Gasteiger partial charge on any atom is -0.369 e. The van der Waals surface area contributed by atoms with Crippen LogP contribution in [0.3, 0.4) is 0 Å². The fourth-order valence-corrected chi connectivity index (χ4v) is 5.92. The zero-order valence-electron chi connectivity index (χ0n) is 11.9. The average Bonchev–Trinajstić information content (AvgIpc) is 3.09. The first-order valence-electron chi connectivity index (χ1n) is 7.14. The van der Waals surface area contributed by atoms with Crippen molar-refractivity contribution in [2.24, 2.45) is 34.5 Å². The molecule has 0 N–H and O–H groups in total. The summed E-state index contributed by atoms with van der Waals surface area (Å²) in [5, 5.41) is 19.5. The summed E-state index contributed by atoms with van der Waals surface area (Å²) in [5.41, 5.74) is -1.61. The van der Waals surface area contributed by atoms with Crippen molar-refractivity contribution in [3.8, 4) is 12.1 Å². The molecule has 3 saturated carbocycles. The molecule has 1 heterocycles. The number of rotatable bonds is 3. The van der Waals surface area contributed by atoms with Crippen LogP contribution in [0.1, 0.15) is 13.3 Å². The summed E-state index contributed by atoms with van der Waals surface area (Å²) in [6, 6.07) is 4.65. The van der Waals surface area contributed by atoms with Crippen LogP contribution in [-0.2, 0) is 14.2 Å². The first-order valence-corrected chi connectivity index (χ1v) is 7.14. The lowest BCUT2D eigenvalue weighted by atomic mass is 9.36. The first-order chi connectivity index (χ1) is 9.60. The Bertz CT molecular complexity index is 532. The van der Waals surface area contributed by atoms with Gasteiger partial charge in [0, 0.05) is 20.1 Å². The molecule has 5 nitrogen and oxygen atoms in total. The van der Waals surface area contributed by atoms with Gasteiger partial charge < -0.3 is 14.2 Å². The molecule has 0 aromatic rings. The standard InChI is InChI=1S/C15H18N2O3/c1-14(13(18-2)19-3)9-7-4-8(12-11(7)20-12)10(9)15(14,5-16)6-17/h7-13H,4H2,1-3H3/t7?,8?,9?,10?,11?,12?,14-/m1/s1. The minimum absolute atomic E-state index is 0.115. The predicted molar refractivity (Wildman–Crippen MR) is 66.8 cm³/mol. The quantitative estimate of drug-likeness (QED) is 0.572. The molecule has 1 saturated heterocycles. The summed E-state index contributed by atoms with van der Waals surface area (Å²) in [7, 11) is 3.16. The normalized spacial score (nSPS) is 52.7. The molecule has 0 amide bonds. The molecule has 1 aliphatic heterocycles. The maximum atomic E-state index is 9.76. The summed E-state index contributed by atoms with van der Waals surface area (Å²) in [6.07, 6.45) is 1.21. The highest BCUT2D eigenvalue weighted by Gasteiger charge is 2.85. The lowest BCUT2D eigenvalue weighted by Crippen LogP contribution is -2.70. The summed E-state index contributed by atoms with van der Waals surface area (Å²) >= 11 is 0. The second-order valence-electron chi connectivity index (χ2n) is 6.80. The Morgan fingerprint density at radius 2 is 1.65 bits per heavy atom. The minimum atomic E-state index is -1.02. The lowest BCUT2D eigenvalue weighted by Gasteiger charge is -2.64. The molecule has 6 unspecified atom stereocenters. The van der Waals surface area contributed by atoms with Gasteiger partial charge in [-0.25, -0.2) is 0 Å². The van der Waals surface area contributed by atoms with Gasteiger partial charge in [0.25, 0.3) is 0 Å². The van der Waals surface area contributed by atoms with Crippen LogP contribution in [0.5, 0.6) is 0 Å². The van der Waals surface area contributed by atoms with Gasteiger partial charge in [0.1, 0.15) is 0 Å². The molecule has 0 aromatic carbocycles. The highest BCUT2D eigenvalue weighted by atomic mass is 16.7. The fourth-order valence-electron chi connectivity index (χ4n) is 5.92. The summed E-state index contributed by atoms with van der Waals surface area (Å²) in [6.45, 7) is 1.98. The smallest absolute Gasteiger partial charge is 0.164 e. The van der Waals surface area contributed by atoms with Gasteiger partial charge in [0.15, 0.2) is 11.7 Å². The van der Waals surface area contributed by atoms with Gasteiger partial charge in [0.2, 0.25) is 0 Å². The predicted octanol–water partition coefficient (Wildman–Crippen LogP) is 1.31. The topological polar surface area (TPSA) is 78.6 Å². The zero-order valence-corrected chi connectivity index (χ0v) is 11.9. The van der Waals surface area contributed by atoms with E-state index in [-0.39, 0.29) is 5.92 Å². The molecule has 106 valence electrons. The van der Waals surface area contributed by atoms with Crippen molar-refractivity contribution in [3.05, 3.63) is 0 Å². The van der Waals surface area contributed by atoms with Crippen LogP contribution in [0.4, 0.5) is 0 Å². The van der Waals surface area contributed by atoms with Crippen molar-refractivity contribution in [1.29, 1.82) is 10.5 Å². The molecule has 4 aliphatic rings. The molecule has 7 atom stereocenters. The summed E-state index contributed by atoms with van der Waals surface area (Å²) < 4.78 is 16.7. The van der Waals surface area contributed by atoms with Crippen molar-refractivity contribution in [1.82, 2.24) is 0 Å². The van der Waals surface area contributed by atoms with Gasteiger partial charge in [-0.15, -0.1) is 0 Å². The van der Waals surface area contributed by atoms with E-state index >= 15 is 0 Å². The van der Waals surface area contributed by atoms with E-state index in [1.165, 1.54) is 0 Å². The van der Waals surface area contributed by atoms with Gasteiger partial charge in [-0.3, -0.25) is 0 Å². The number of ether oxygens (including phenoxy) is 3. The molecule has 4 rings (SSSR count). The molecule has 0 aromatic heterocycles. The molecule has 3 aliphatic carbocycles. The largest absolute Gasteiger partial charge is 0.369 e. The van der Waals surface area contributed by atoms with Crippen LogP contribution in [0, 0.1) is 57.2 Å². The molecule has 4 fully saturated rings. The van der Waals surface area contributed by atoms with Crippen molar-refractivity contribution < 1.29 is 14.2 Å². The highest BCUT2D eigenvalue weighted by molar-refractivity contribution is 5.40. The Morgan fingerprint density at radius 3 is 2.15 bits per heavy atom. The van der Waals surface area contributed by atoms with Crippen molar-refractivity contribution in [2.45, 2.75) is 31.8 Å². The van der Waals surface area contributed by atoms with E-state index in [2.05, 4.69) is 12.1 Å². The summed E-state index contributed by atoms with van der Waals surface area (Å²) in [5.74, 6) is 1.24. The summed E-state index contributed by atoms with van der Waals surface area (Å²) in [4.78, 5) is 0. The Labute approximate surface area is 118 Å². The van der Waals surface area contributed by atoms with Crippen LogP contribution in [0.15, 0.2) is 0 Å². The van der Waals surface area contributed by atoms with E-state index in [1.807, 2.05) is 6.92 Å². The Morgan fingerprint density at radius 1 is 1.10 bits per heavy atom. The molecule has 0 spiro atoms. The highest BCUT2D eigenvalue weighted by Crippen LogP contribution is 2.80. The number of hydrogen-bond acceptors (Lipinski definition) is 5. The maximum absolute atomic E-state index is 9.76.